The van der Waals surface area contributed by atoms with Crippen LogP contribution in [0.5, 0.6) is 0 Å². The molecule has 6 aromatic rings. The largest absolute Gasteiger partial charge is 0.324 e. The molecule has 1 aliphatic rings. The summed E-state index contributed by atoms with van der Waals surface area (Å²) in [5.41, 5.74) is 8.28. The van der Waals surface area contributed by atoms with Crippen LogP contribution < -0.4 is 5.32 Å². The highest BCUT2D eigenvalue weighted by atomic mass is 15.2. The molecule has 0 amide bonds. The number of hydrogen-bond donors (Lipinski definition) is 1. The number of nitrogens with zero attached hydrogens (tertiary/aromatic N) is 3. The Morgan fingerprint density at radius 3 is 1.55 bits per heavy atom. The van der Waals surface area contributed by atoms with Crippen LogP contribution in [-0.2, 0) is 0 Å². The number of rotatable bonds is 5. The highest BCUT2D eigenvalue weighted by Crippen LogP contribution is 2.36. The standard InChI is InChI=1S/C38H26N4/c39-25-26-15-17-27(18-16-26)28-19-21-29(22-20-28)32-23-24-35(34-14-8-7-13-33(32)34)38-41-36(30-9-3-1-4-10-30)40-37(42-38)31-11-5-2-6-12-31/h1-24,38H,(H,40,41,42). The van der Waals surface area contributed by atoms with E-state index < -0.39 is 6.17 Å². The second-order valence-electron chi connectivity index (χ2n) is 10.2. The number of fused-ring (bicyclic) bond motifs is 1. The van der Waals surface area contributed by atoms with E-state index in [1.807, 2.05) is 60.7 Å². The first-order valence-corrected chi connectivity index (χ1v) is 13.9. The predicted octanol–water partition coefficient (Wildman–Crippen LogP) is 8.54. The molecule has 0 aliphatic carbocycles. The zero-order chi connectivity index (χ0) is 28.3. The van der Waals surface area contributed by atoms with Gasteiger partial charge in [-0.25, -0.2) is 9.98 Å². The molecular formula is C38H26N4. The van der Waals surface area contributed by atoms with E-state index in [0.717, 1.165) is 61.4 Å². The van der Waals surface area contributed by atoms with E-state index in [1.54, 1.807) is 0 Å². The number of amidine groups is 2. The van der Waals surface area contributed by atoms with Gasteiger partial charge in [0.1, 0.15) is 11.7 Å². The molecule has 7 rings (SSSR count). The Bertz CT molecular complexity index is 1930. The first kappa shape index (κ1) is 25.2. The van der Waals surface area contributed by atoms with Crippen molar-refractivity contribution in [3.63, 3.8) is 0 Å². The van der Waals surface area contributed by atoms with E-state index in [9.17, 15) is 0 Å². The normalized spacial score (nSPS) is 13.1. The number of benzene rings is 6. The van der Waals surface area contributed by atoms with Crippen LogP contribution >= 0.6 is 0 Å². The fourth-order valence-electron chi connectivity index (χ4n) is 5.45. The van der Waals surface area contributed by atoms with Gasteiger partial charge in [0.2, 0.25) is 0 Å². The maximum Gasteiger partial charge on any atom is 0.170 e. The summed E-state index contributed by atoms with van der Waals surface area (Å²) in [6.07, 6.45) is -0.394. The van der Waals surface area contributed by atoms with Crippen molar-refractivity contribution in [2.24, 2.45) is 9.98 Å². The van der Waals surface area contributed by atoms with Crippen LogP contribution in [0.25, 0.3) is 33.0 Å². The molecule has 42 heavy (non-hydrogen) atoms. The van der Waals surface area contributed by atoms with Crippen molar-refractivity contribution in [2.75, 3.05) is 0 Å². The molecule has 1 heterocycles. The molecule has 0 spiro atoms. The number of nitriles is 1. The van der Waals surface area contributed by atoms with Crippen LogP contribution in [-0.4, -0.2) is 11.7 Å². The Hall–Kier alpha value is -5.79. The van der Waals surface area contributed by atoms with E-state index in [4.69, 9.17) is 15.2 Å². The SMILES string of the molecule is N#Cc1ccc(-c2ccc(-c3ccc(C4N=C(c5ccccc5)NC(c5ccccc5)=N4)c4ccccc34)cc2)cc1. The Balaban J connectivity index is 1.30. The first-order valence-electron chi connectivity index (χ1n) is 13.9. The highest BCUT2D eigenvalue weighted by molar-refractivity contribution is 6.16. The summed E-state index contributed by atoms with van der Waals surface area (Å²) in [7, 11) is 0. The summed E-state index contributed by atoms with van der Waals surface area (Å²) < 4.78 is 0. The van der Waals surface area contributed by atoms with Gasteiger partial charge < -0.3 is 5.32 Å². The molecule has 0 bridgehead atoms. The molecule has 4 nitrogen and oxygen atoms in total. The van der Waals surface area contributed by atoms with Gasteiger partial charge in [0.25, 0.3) is 0 Å². The Morgan fingerprint density at radius 2 is 0.976 bits per heavy atom. The molecule has 1 aliphatic heterocycles. The van der Waals surface area contributed by atoms with Gasteiger partial charge in [0.15, 0.2) is 6.17 Å². The quantitative estimate of drug-likeness (QED) is 0.239. The summed E-state index contributed by atoms with van der Waals surface area (Å²) in [5.74, 6) is 1.61. The van der Waals surface area contributed by atoms with E-state index in [-0.39, 0.29) is 0 Å². The van der Waals surface area contributed by atoms with E-state index in [2.05, 4.69) is 96.3 Å². The van der Waals surface area contributed by atoms with Crippen LogP contribution in [0, 0.1) is 11.3 Å². The lowest BCUT2D eigenvalue weighted by Gasteiger charge is -2.23. The van der Waals surface area contributed by atoms with Crippen molar-refractivity contribution < 1.29 is 0 Å². The van der Waals surface area contributed by atoms with Crippen molar-refractivity contribution in [2.45, 2.75) is 6.17 Å². The number of aliphatic imine (C=N–C) groups is 2. The number of nitrogens with one attached hydrogen (secondary N) is 1. The topological polar surface area (TPSA) is 60.5 Å². The molecule has 198 valence electrons. The van der Waals surface area contributed by atoms with Crippen molar-refractivity contribution in [3.8, 4) is 28.3 Å². The minimum atomic E-state index is -0.394. The van der Waals surface area contributed by atoms with Crippen LogP contribution in [0.3, 0.4) is 0 Å². The Labute approximate surface area is 245 Å². The molecule has 0 aromatic heterocycles. The summed E-state index contributed by atoms with van der Waals surface area (Å²) >= 11 is 0. The molecular weight excluding hydrogens is 512 g/mol. The summed E-state index contributed by atoms with van der Waals surface area (Å²) in [6, 6.07) is 51.7. The van der Waals surface area contributed by atoms with Crippen LogP contribution in [0.1, 0.15) is 28.4 Å². The third kappa shape index (κ3) is 4.85. The first-order chi connectivity index (χ1) is 20.8. The average molecular weight is 539 g/mol. The minimum Gasteiger partial charge on any atom is -0.324 e. The summed E-state index contributed by atoms with van der Waals surface area (Å²) in [4.78, 5) is 10.2. The number of hydrogen-bond acceptors (Lipinski definition) is 4. The lowest BCUT2D eigenvalue weighted by atomic mass is 9.93. The van der Waals surface area contributed by atoms with Gasteiger partial charge in [-0.3, -0.25) is 0 Å². The molecule has 0 fully saturated rings. The third-order valence-electron chi connectivity index (χ3n) is 7.61. The highest BCUT2D eigenvalue weighted by Gasteiger charge is 2.22. The summed E-state index contributed by atoms with van der Waals surface area (Å²) in [5, 5.41) is 14.9. The second-order valence-corrected chi connectivity index (χ2v) is 10.2. The fourth-order valence-corrected chi connectivity index (χ4v) is 5.45. The van der Waals surface area contributed by atoms with Crippen molar-refractivity contribution in [3.05, 3.63) is 168 Å². The maximum atomic E-state index is 9.11. The lowest BCUT2D eigenvalue weighted by Crippen LogP contribution is -2.36. The maximum absolute atomic E-state index is 9.11. The van der Waals surface area contributed by atoms with Gasteiger partial charge in [-0.15, -0.1) is 0 Å². The van der Waals surface area contributed by atoms with Gasteiger partial charge in [0, 0.05) is 16.7 Å². The summed E-state index contributed by atoms with van der Waals surface area (Å²) in [6.45, 7) is 0. The van der Waals surface area contributed by atoms with Crippen molar-refractivity contribution >= 4 is 22.4 Å². The Morgan fingerprint density at radius 1 is 0.476 bits per heavy atom. The van der Waals surface area contributed by atoms with Gasteiger partial charge in [-0.05, 0) is 45.2 Å². The fraction of sp³-hybridized carbons (Fsp3) is 0.0263. The zero-order valence-electron chi connectivity index (χ0n) is 22.8. The van der Waals surface area contributed by atoms with Gasteiger partial charge in [0.05, 0.1) is 11.6 Å². The van der Waals surface area contributed by atoms with Gasteiger partial charge in [-0.2, -0.15) is 5.26 Å². The van der Waals surface area contributed by atoms with E-state index >= 15 is 0 Å². The van der Waals surface area contributed by atoms with E-state index in [1.165, 1.54) is 0 Å². The molecule has 6 aromatic carbocycles. The van der Waals surface area contributed by atoms with Crippen molar-refractivity contribution in [1.82, 2.24) is 5.32 Å². The van der Waals surface area contributed by atoms with E-state index in [0.29, 0.717) is 5.56 Å². The second kappa shape index (κ2) is 11.0. The zero-order valence-corrected chi connectivity index (χ0v) is 22.8. The van der Waals surface area contributed by atoms with Crippen LogP contribution in [0.15, 0.2) is 156 Å². The average Bonchev–Trinajstić information content (AvgIpc) is 3.08. The molecule has 0 atom stereocenters. The predicted molar refractivity (Wildman–Crippen MR) is 171 cm³/mol. The van der Waals surface area contributed by atoms with Gasteiger partial charge >= 0.3 is 0 Å². The van der Waals surface area contributed by atoms with Crippen LogP contribution in [0.4, 0.5) is 0 Å². The molecule has 0 saturated carbocycles. The Kier molecular flexibility index (Phi) is 6.60. The lowest BCUT2D eigenvalue weighted by molar-refractivity contribution is 0.762. The molecule has 0 saturated heterocycles. The molecule has 0 unspecified atom stereocenters. The smallest absolute Gasteiger partial charge is 0.170 e. The molecule has 1 N–H and O–H groups in total. The minimum absolute atomic E-state index is 0.394. The monoisotopic (exact) mass is 538 g/mol. The van der Waals surface area contributed by atoms with Crippen LogP contribution in [0.2, 0.25) is 0 Å². The van der Waals surface area contributed by atoms with Crippen molar-refractivity contribution in [1.29, 1.82) is 5.26 Å². The molecule has 0 radical (unpaired) electrons. The molecule has 4 heteroatoms. The van der Waals surface area contributed by atoms with Gasteiger partial charge in [-0.1, -0.05) is 133 Å². The third-order valence-corrected chi connectivity index (χ3v) is 7.61.